The summed E-state index contributed by atoms with van der Waals surface area (Å²) in [7, 11) is 1.43. The van der Waals surface area contributed by atoms with E-state index in [0.717, 1.165) is 18.7 Å². The van der Waals surface area contributed by atoms with Crippen molar-refractivity contribution in [3.8, 4) is 5.75 Å². The van der Waals surface area contributed by atoms with Crippen molar-refractivity contribution in [3.63, 3.8) is 0 Å². The number of nitrogens with one attached hydrogen (secondary N) is 1. The Hall–Kier alpha value is -1.78. The van der Waals surface area contributed by atoms with Crippen molar-refractivity contribution in [2.75, 3.05) is 19.0 Å². The highest BCUT2D eigenvalue weighted by Gasteiger charge is 2.14. The average molecular weight is 252 g/mol. The molecule has 0 atom stereocenters. The zero-order valence-corrected chi connectivity index (χ0v) is 10.9. The van der Waals surface area contributed by atoms with Crippen molar-refractivity contribution < 1.29 is 9.66 Å². The first-order valence-corrected chi connectivity index (χ1v) is 6.25. The monoisotopic (exact) mass is 252 g/mol. The molecule has 0 spiro atoms. The third-order valence-electron chi connectivity index (χ3n) is 2.74. The molecule has 1 aromatic rings. The molecular formula is C13H20N2O3. The van der Waals surface area contributed by atoms with E-state index in [-0.39, 0.29) is 11.4 Å². The van der Waals surface area contributed by atoms with Crippen molar-refractivity contribution >= 4 is 11.4 Å². The molecule has 5 heteroatoms. The fraction of sp³-hybridized carbons (Fsp3) is 0.538. The van der Waals surface area contributed by atoms with Crippen molar-refractivity contribution in [2.24, 2.45) is 0 Å². The second kappa shape index (κ2) is 7.53. The Kier molecular flexibility index (Phi) is 5.97. The van der Waals surface area contributed by atoms with Gasteiger partial charge < -0.3 is 10.1 Å². The van der Waals surface area contributed by atoms with E-state index >= 15 is 0 Å². The number of benzene rings is 1. The van der Waals surface area contributed by atoms with Crippen molar-refractivity contribution in [2.45, 2.75) is 32.6 Å². The number of nitro groups is 1. The average Bonchev–Trinajstić information content (AvgIpc) is 2.38. The van der Waals surface area contributed by atoms with Crippen molar-refractivity contribution in [1.82, 2.24) is 0 Å². The molecule has 0 aromatic heterocycles. The summed E-state index contributed by atoms with van der Waals surface area (Å²) >= 11 is 0. The van der Waals surface area contributed by atoms with E-state index in [0.29, 0.717) is 0 Å². The van der Waals surface area contributed by atoms with Gasteiger partial charge in [-0.1, -0.05) is 26.2 Å². The number of nitrogens with zero attached hydrogens (tertiary/aromatic N) is 1. The minimum atomic E-state index is -0.429. The van der Waals surface area contributed by atoms with Gasteiger partial charge in [0.2, 0.25) is 0 Å². The van der Waals surface area contributed by atoms with Gasteiger partial charge >= 0.3 is 5.69 Å². The van der Waals surface area contributed by atoms with Gasteiger partial charge in [0.1, 0.15) is 0 Å². The summed E-state index contributed by atoms with van der Waals surface area (Å²) in [6.07, 6.45) is 4.69. The molecule has 0 saturated heterocycles. The van der Waals surface area contributed by atoms with Gasteiger partial charge in [0.05, 0.1) is 12.0 Å². The highest BCUT2D eigenvalue weighted by molar-refractivity contribution is 5.58. The van der Waals surface area contributed by atoms with Gasteiger partial charge in [-0.15, -0.1) is 0 Å². The Morgan fingerprint density at radius 2 is 2.11 bits per heavy atom. The molecule has 100 valence electrons. The molecular weight excluding hydrogens is 232 g/mol. The molecule has 1 N–H and O–H groups in total. The van der Waals surface area contributed by atoms with Crippen molar-refractivity contribution in [1.29, 1.82) is 0 Å². The number of anilines is 1. The Balaban J connectivity index is 2.56. The highest BCUT2D eigenvalue weighted by Crippen LogP contribution is 2.29. The molecule has 1 rings (SSSR count). The normalized spacial score (nSPS) is 10.1. The van der Waals surface area contributed by atoms with Crippen LogP contribution in [0.25, 0.3) is 0 Å². The largest absolute Gasteiger partial charge is 0.490 e. The van der Waals surface area contributed by atoms with Crippen molar-refractivity contribution in [3.05, 3.63) is 28.3 Å². The molecule has 0 saturated carbocycles. The maximum atomic E-state index is 10.8. The molecule has 5 nitrogen and oxygen atoms in total. The van der Waals surface area contributed by atoms with Crippen LogP contribution in [0.3, 0.4) is 0 Å². The predicted octanol–water partition coefficient (Wildman–Crippen LogP) is 3.60. The fourth-order valence-electron chi connectivity index (χ4n) is 1.73. The fourth-order valence-corrected chi connectivity index (χ4v) is 1.73. The molecule has 0 radical (unpaired) electrons. The standard InChI is InChI=1S/C13H20N2O3/c1-3-4-5-6-9-14-11-7-8-13(18-2)12(10-11)15(16)17/h7-8,10,14H,3-6,9H2,1-2H3. The van der Waals surface area contributed by atoms with Gasteiger partial charge in [-0.2, -0.15) is 0 Å². The third-order valence-corrected chi connectivity index (χ3v) is 2.74. The second-order valence-corrected chi connectivity index (χ2v) is 4.13. The van der Waals surface area contributed by atoms with Crippen LogP contribution in [0.15, 0.2) is 18.2 Å². The quantitative estimate of drug-likeness (QED) is 0.436. The van der Waals surface area contributed by atoms with Gasteiger partial charge in [0, 0.05) is 18.3 Å². The van der Waals surface area contributed by atoms with Crippen LogP contribution in [0.5, 0.6) is 5.75 Å². The lowest BCUT2D eigenvalue weighted by Crippen LogP contribution is -2.02. The molecule has 0 amide bonds. The summed E-state index contributed by atoms with van der Waals surface area (Å²) in [6, 6.07) is 4.93. The number of rotatable bonds is 8. The lowest BCUT2D eigenvalue weighted by atomic mass is 10.2. The SMILES string of the molecule is CCCCCCNc1ccc(OC)c([N+](=O)[O-])c1. The van der Waals surface area contributed by atoms with Crippen LogP contribution in [0, 0.1) is 10.1 Å². The summed E-state index contributed by atoms with van der Waals surface area (Å²) in [4.78, 5) is 10.4. The van der Waals surface area contributed by atoms with Crippen LogP contribution < -0.4 is 10.1 Å². The minimum Gasteiger partial charge on any atom is -0.490 e. The summed E-state index contributed by atoms with van der Waals surface area (Å²) < 4.78 is 4.95. The lowest BCUT2D eigenvalue weighted by molar-refractivity contribution is -0.385. The molecule has 18 heavy (non-hydrogen) atoms. The predicted molar refractivity (Wildman–Crippen MR) is 72.3 cm³/mol. The molecule has 0 aliphatic carbocycles. The van der Waals surface area contributed by atoms with Crippen LogP contribution >= 0.6 is 0 Å². The summed E-state index contributed by atoms with van der Waals surface area (Å²) in [5.74, 6) is 0.288. The van der Waals surface area contributed by atoms with Crippen LogP contribution in [-0.2, 0) is 0 Å². The number of hydrogen-bond acceptors (Lipinski definition) is 4. The number of nitro benzene ring substituents is 1. The van der Waals surface area contributed by atoms with E-state index < -0.39 is 4.92 Å². The Morgan fingerprint density at radius 3 is 2.72 bits per heavy atom. The molecule has 0 aliphatic rings. The zero-order chi connectivity index (χ0) is 13.4. The molecule has 0 fully saturated rings. The van der Waals surface area contributed by atoms with Crippen LogP contribution in [0.2, 0.25) is 0 Å². The molecule has 0 bridgehead atoms. The Labute approximate surface area is 107 Å². The van der Waals surface area contributed by atoms with Crippen LogP contribution in [0.4, 0.5) is 11.4 Å². The smallest absolute Gasteiger partial charge is 0.312 e. The third kappa shape index (κ3) is 4.24. The molecule has 0 heterocycles. The van der Waals surface area contributed by atoms with E-state index in [1.807, 2.05) is 0 Å². The second-order valence-electron chi connectivity index (χ2n) is 4.13. The van der Waals surface area contributed by atoms with E-state index in [9.17, 15) is 10.1 Å². The number of methoxy groups -OCH3 is 1. The minimum absolute atomic E-state index is 0.00365. The Morgan fingerprint density at radius 1 is 1.33 bits per heavy atom. The van der Waals surface area contributed by atoms with Crippen LogP contribution in [0.1, 0.15) is 32.6 Å². The zero-order valence-electron chi connectivity index (χ0n) is 10.9. The van der Waals surface area contributed by atoms with Crippen LogP contribution in [-0.4, -0.2) is 18.6 Å². The van der Waals surface area contributed by atoms with E-state index in [1.54, 1.807) is 12.1 Å². The highest BCUT2D eigenvalue weighted by atomic mass is 16.6. The summed E-state index contributed by atoms with van der Waals surface area (Å²) in [5, 5.41) is 14.0. The van der Waals surface area contributed by atoms with E-state index in [2.05, 4.69) is 12.2 Å². The van der Waals surface area contributed by atoms with E-state index in [4.69, 9.17) is 4.74 Å². The van der Waals surface area contributed by atoms with Gasteiger partial charge in [-0.25, -0.2) is 0 Å². The first-order chi connectivity index (χ1) is 8.69. The van der Waals surface area contributed by atoms with Gasteiger partial charge in [0.25, 0.3) is 0 Å². The maximum absolute atomic E-state index is 10.8. The number of hydrogen-bond donors (Lipinski definition) is 1. The lowest BCUT2D eigenvalue weighted by Gasteiger charge is -2.07. The number of ether oxygens (including phenoxy) is 1. The van der Waals surface area contributed by atoms with Gasteiger partial charge in [-0.05, 0) is 18.6 Å². The first-order valence-electron chi connectivity index (χ1n) is 6.25. The molecule has 0 unspecified atom stereocenters. The van der Waals surface area contributed by atoms with Gasteiger partial charge in [0.15, 0.2) is 5.75 Å². The maximum Gasteiger partial charge on any atom is 0.312 e. The van der Waals surface area contributed by atoms with E-state index in [1.165, 1.54) is 32.4 Å². The Bertz CT molecular complexity index is 394. The summed E-state index contributed by atoms with van der Waals surface area (Å²) in [6.45, 7) is 3.00. The number of unbranched alkanes of at least 4 members (excludes halogenated alkanes) is 3. The molecule has 0 aliphatic heterocycles. The van der Waals surface area contributed by atoms with Gasteiger partial charge in [-0.3, -0.25) is 10.1 Å². The summed E-state index contributed by atoms with van der Waals surface area (Å²) in [5.41, 5.74) is 0.759. The molecule has 1 aromatic carbocycles. The topological polar surface area (TPSA) is 64.4 Å². The first kappa shape index (κ1) is 14.3.